The summed E-state index contributed by atoms with van der Waals surface area (Å²) in [5, 5.41) is 8.35. The van der Waals surface area contributed by atoms with Gasteiger partial charge in [-0.1, -0.05) is 0 Å². The van der Waals surface area contributed by atoms with Crippen LogP contribution in [0.15, 0.2) is 0 Å². The number of aliphatic hydroxyl groups excluding tert-OH is 1. The zero-order chi connectivity index (χ0) is 6.78. The van der Waals surface area contributed by atoms with E-state index in [1.807, 2.05) is 0 Å². The van der Waals surface area contributed by atoms with Gasteiger partial charge in [-0.2, -0.15) is 8.42 Å². The van der Waals surface area contributed by atoms with E-state index in [1.54, 1.807) is 0 Å². The van der Waals surface area contributed by atoms with Gasteiger partial charge >= 0.3 is 0 Å². The van der Waals surface area contributed by atoms with Crippen molar-refractivity contribution >= 4 is 39.7 Å². The van der Waals surface area contributed by atoms with E-state index < -0.39 is 22.0 Å². The van der Waals surface area contributed by atoms with Gasteiger partial charge in [0.05, 0.1) is 6.10 Å². The molecular weight excluding hydrogens is 155 g/mol. The first kappa shape index (κ1) is 12.5. The Kier molecular flexibility index (Phi) is 6.48. The maximum atomic E-state index is 9.84. The summed E-state index contributed by atoms with van der Waals surface area (Å²) >= 11 is 0. The molecule has 6 heteroatoms. The summed E-state index contributed by atoms with van der Waals surface area (Å²) in [5.41, 5.74) is 0. The molecule has 0 spiro atoms. The molecule has 2 N–H and O–H groups in total. The number of hydrogen-bond acceptors (Lipinski definition) is 3. The van der Waals surface area contributed by atoms with Crippen LogP contribution < -0.4 is 0 Å². The van der Waals surface area contributed by atoms with Crippen molar-refractivity contribution in [2.75, 3.05) is 5.75 Å². The van der Waals surface area contributed by atoms with Crippen molar-refractivity contribution in [1.29, 1.82) is 0 Å². The van der Waals surface area contributed by atoms with E-state index in [2.05, 4.69) is 0 Å². The molecule has 0 saturated carbocycles. The van der Waals surface area contributed by atoms with E-state index in [1.165, 1.54) is 6.92 Å². The Morgan fingerprint density at radius 1 is 1.56 bits per heavy atom. The predicted octanol–water partition coefficient (Wildman–Crippen LogP) is -1.13. The second-order valence-electron chi connectivity index (χ2n) is 1.60. The fraction of sp³-hybridized carbons (Fsp3) is 1.00. The second-order valence-corrected chi connectivity index (χ2v) is 3.09. The zero-order valence-corrected chi connectivity index (χ0v) is 8.22. The van der Waals surface area contributed by atoms with Crippen molar-refractivity contribution in [3.05, 3.63) is 0 Å². The van der Waals surface area contributed by atoms with Crippen molar-refractivity contribution in [3.8, 4) is 0 Å². The molecule has 0 aliphatic heterocycles. The van der Waals surface area contributed by atoms with Gasteiger partial charge in [-0.15, -0.1) is 0 Å². The third kappa shape index (κ3) is 12.1. The summed E-state index contributed by atoms with van der Waals surface area (Å²) in [6.07, 6.45) is -0.995. The van der Waals surface area contributed by atoms with Crippen LogP contribution in [0.1, 0.15) is 6.92 Å². The van der Waals surface area contributed by atoms with Crippen LogP contribution in [0, 0.1) is 0 Å². The Hall–Kier alpha value is 0.870. The van der Waals surface area contributed by atoms with Crippen LogP contribution >= 0.6 is 0 Å². The van der Waals surface area contributed by atoms with Gasteiger partial charge in [-0.25, -0.2) is 0 Å². The summed E-state index contributed by atoms with van der Waals surface area (Å²) in [7, 11) is -3.97. The van der Waals surface area contributed by atoms with Crippen molar-refractivity contribution in [2.24, 2.45) is 0 Å². The average Bonchev–Trinajstić information content (AvgIpc) is 1.21. The summed E-state index contributed by atoms with van der Waals surface area (Å²) in [4.78, 5) is 0. The molecule has 0 rings (SSSR count). The van der Waals surface area contributed by atoms with Crippen LogP contribution in [0.5, 0.6) is 0 Å². The first-order chi connectivity index (χ1) is 3.42. The molecule has 0 aromatic heterocycles. The molecule has 0 saturated heterocycles. The van der Waals surface area contributed by atoms with E-state index in [4.69, 9.17) is 9.66 Å². The monoisotopic (exact) mass is 163 g/mol. The fourth-order valence-corrected chi connectivity index (χ4v) is 0.914. The third-order valence-electron chi connectivity index (χ3n) is 0.452. The van der Waals surface area contributed by atoms with Gasteiger partial charge in [-0.05, 0) is 6.92 Å². The summed E-state index contributed by atoms with van der Waals surface area (Å²) < 4.78 is 27.7. The maximum absolute atomic E-state index is 9.84. The van der Waals surface area contributed by atoms with E-state index in [9.17, 15) is 8.42 Å². The summed E-state index contributed by atoms with van der Waals surface area (Å²) in [6, 6.07) is 0. The number of hydrogen-bond donors (Lipinski definition) is 2. The van der Waals surface area contributed by atoms with Gasteiger partial charge in [0.15, 0.2) is 0 Å². The molecular formula is C3H8NaO4S. The van der Waals surface area contributed by atoms with Crippen molar-refractivity contribution in [1.82, 2.24) is 0 Å². The minimum atomic E-state index is -3.97. The third-order valence-corrected chi connectivity index (χ3v) is 1.36. The van der Waals surface area contributed by atoms with E-state index in [-0.39, 0.29) is 29.6 Å². The molecule has 0 amide bonds. The van der Waals surface area contributed by atoms with Gasteiger partial charge in [0.1, 0.15) is 5.75 Å². The van der Waals surface area contributed by atoms with Crippen LogP contribution in [0.2, 0.25) is 0 Å². The topological polar surface area (TPSA) is 74.6 Å². The normalized spacial score (nSPS) is 14.1. The Balaban J connectivity index is 0. The first-order valence-electron chi connectivity index (χ1n) is 2.05. The van der Waals surface area contributed by atoms with Gasteiger partial charge in [-0.3, -0.25) is 4.55 Å². The van der Waals surface area contributed by atoms with E-state index in [0.29, 0.717) is 0 Å². The Morgan fingerprint density at radius 2 is 1.89 bits per heavy atom. The van der Waals surface area contributed by atoms with Crippen LogP contribution in [-0.4, -0.2) is 59.5 Å². The molecule has 51 valence electrons. The standard InChI is InChI=1S/C3H8O4S.Na/c1-3(4)2-8(5,6)7;/h3-4H,2H2,1H3,(H,5,6,7);. The molecule has 1 radical (unpaired) electrons. The molecule has 0 aliphatic carbocycles. The molecule has 9 heavy (non-hydrogen) atoms. The number of aliphatic hydroxyl groups is 1. The minimum Gasteiger partial charge on any atom is -0.392 e. The maximum Gasteiger partial charge on any atom is 0.267 e. The number of rotatable bonds is 2. The second kappa shape index (κ2) is 4.65. The Morgan fingerprint density at radius 3 is 1.89 bits per heavy atom. The molecule has 0 aromatic rings. The van der Waals surface area contributed by atoms with Crippen molar-refractivity contribution < 1.29 is 18.1 Å². The molecule has 1 atom stereocenters. The molecule has 1 unspecified atom stereocenters. The van der Waals surface area contributed by atoms with Gasteiger partial charge in [0.2, 0.25) is 0 Å². The van der Waals surface area contributed by atoms with Gasteiger partial charge in [0, 0.05) is 29.6 Å². The van der Waals surface area contributed by atoms with Crippen LogP contribution in [-0.2, 0) is 10.1 Å². The first-order valence-corrected chi connectivity index (χ1v) is 3.66. The van der Waals surface area contributed by atoms with E-state index >= 15 is 0 Å². The largest absolute Gasteiger partial charge is 0.392 e. The quantitative estimate of drug-likeness (QED) is 0.399. The Labute approximate surface area is 76.3 Å². The molecule has 0 bridgehead atoms. The van der Waals surface area contributed by atoms with Crippen molar-refractivity contribution in [2.45, 2.75) is 13.0 Å². The van der Waals surface area contributed by atoms with Crippen LogP contribution in [0.4, 0.5) is 0 Å². The predicted molar refractivity (Wildman–Crippen MR) is 33.9 cm³/mol. The van der Waals surface area contributed by atoms with Crippen LogP contribution in [0.25, 0.3) is 0 Å². The molecule has 0 aromatic carbocycles. The van der Waals surface area contributed by atoms with E-state index in [0.717, 1.165) is 0 Å². The molecule has 4 nitrogen and oxygen atoms in total. The smallest absolute Gasteiger partial charge is 0.267 e. The van der Waals surface area contributed by atoms with Gasteiger partial charge in [0.25, 0.3) is 10.1 Å². The van der Waals surface area contributed by atoms with Gasteiger partial charge < -0.3 is 5.11 Å². The molecule has 0 fully saturated rings. The minimum absolute atomic E-state index is 0. The fourth-order valence-electron chi connectivity index (χ4n) is 0.305. The summed E-state index contributed by atoms with van der Waals surface area (Å²) in [5.74, 6) is -0.590. The average molecular weight is 163 g/mol. The molecule has 0 aliphatic rings. The van der Waals surface area contributed by atoms with Crippen molar-refractivity contribution in [3.63, 3.8) is 0 Å². The molecule has 0 heterocycles. The Bertz CT molecular complexity index is 149. The zero-order valence-electron chi connectivity index (χ0n) is 5.40. The van der Waals surface area contributed by atoms with Crippen LogP contribution in [0.3, 0.4) is 0 Å². The summed E-state index contributed by atoms with van der Waals surface area (Å²) in [6.45, 7) is 1.29. The SMILES string of the molecule is CC(O)CS(=O)(=O)O.[Na].